The fraction of sp³-hybridized carbons (Fsp3) is 0.346. The third-order valence-electron chi connectivity index (χ3n) is 5.70. The Balaban J connectivity index is 2.25. The highest BCUT2D eigenvalue weighted by molar-refractivity contribution is 5.95. The number of carboxylic acids is 2. The number of aliphatic hydroxyl groups excluding tert-OH is 1. The molecule has 0 aliphatic rings. The van der Waals surface area contributed by atoms with E-state index in [-0.39, 0.29) is 18.6 Å². The van der Waals surface area contributed by atoms with Gasteiger partial charge in [0.25, 0.3) is 0 Å². The van der Waals surface area contributed by atoms with Crippen LogP contribution in [-0.2, 0) is 36.8 Å². The largest absolute Gasteiger partial charge is 0.508 e. The topological polar surface area (TPSA) is 228 Å². The lowest BCUT2D eigenvalue weighted by Gasteiger charge is -2.26. The molecule has 2 rings (SSSR count). The molecule has 39 heavy (non-hydrogen) atoms. The molecule has 0 aliphatic carbocycles. The lowest BCUT2D eigenvalue weighted by Crippen LogP contribution is -2.60. The molecule has 0 saturated carbocycles. The van der Waals surface area contributed by atoms with Gasteiger partial charge in [-0.3, -0.25) is 19.2 Å². The Morgan fingerprint density at radius 1 is 0.769 bits per heavy atom. The van der Waals surface area contributed by atoms with Gasteiger partial charge >= 0.3 is 11.9 Å². The van der Waals surface area contributed by atoms with Gasteiger partial charge in [0.2, 0.25) is 17.7 Å². The standard InChI is InChI=1S/C26H32N4O9/c1-14(31)22(30-23(35)18(27)13-21(33)34)25(37)28-19(11-16-7-9-17(32)10-8-16)24(36)29-20(26(38)39)12-15-5-3-2-4-6-15/h2-10,14,18-20,22,31-32H,11-13,27H2,1H3,(H,28,37)(H,29,36)(H,30,35)(H,33,34)(H,38,39). The van der Waals surface area contributed by atoms with Crippen LogP contribution in [0.2, 0.25) is 0 Å². The predicted molar refractivity (Wildman–Crippen MR) is 137 cm³/mol. The lowest BCUT2D eigenvalue weighted by molar-refractivity contribution is -0.142. The second kappa shape index (κ2) is 14.4. The maximum absolute atomic E-state index is 13.2. The van der Waals surface area contributed by atoms with E-state index in [0.29, 0.717) is 11.1 Å². The van der Waals surface area contributed by atoms with Crippen molar-refractivity contribution in [3.05, 3.63) is 65.7 Å². The van der Waals surface area contributed by atoms with Crippen molar-refractivity contribution in [1.29, 1.82) is 0 Å². The van der Waals surface area contributed by atoms with Gasteiger partial charge in [0, 0.05) is 12.8 Å². The van der Waals surface area contributed by atoms with E-state index in [1.165, 1.54) is 31.2 Å². The summed E-state index contributed by atoms with van der Waals surface area (Å²) in [5.41, 5.74) is 6.69. The highest BCUT2D eigenvalue weighted by Gasteiger charge is 2.33. The van der Waals surface area contributed by atoms with Gasteiger partial charge in [-0.25, -0.2) is 4.79 Å². The van der Waals surface area contributed by atoms with Crippen LogP contribution in [0.4, 0.5) is 0 Å². The molecule has 5 unspecified atom stereocenters. The quantitative estimate of drug-likeness (QED) is 0.143. The molecule has 2 aromatic rings. The van der Waals surface area contributed by atoms with Crippen LogP contribution < -0.4 is 21.7 Å². The van der Waals surface area contributed by atoms with Crippen molar-refractivity contribution in [1.82, 2.24) is 16.0 Å². The Bertz CT molecular complexity index is 1160. The number of phenols is 1. The van der Waals surface area contributed by atoms with Gasteiger partial charge in [0.1, 0.15) is 23.9 Å². The van der Waals surface area contributed by atoms with Crippen LogP contribution in [0.1, 0.15) is 24.5 Å². The summed E-state index contributed by atoms with van der Waals surface area (Å²) in [5, 5.41) is 45.2. The molecular weight excluding hydrogens is 512 g/mol. The Labute approximate surface area is 224 Å². The summed E-state index contributed by atoms with van der Waals surface area (Å²) in [6.45, 7) is 1.20. The number of aliphatic hydroxyl groups is 1. The molecule has 210 valence electrons. The highest BCUT2D eigenvalue weighted by atomic mass is 16.4. The number of aliphatic carboxylic acids is 2. The first-order chi connectivity index (χ1) is 18.4. The minimum absolute atomic E-state index is 0.0321. The van der Waals surface area contributed by atoms with Gasteiger partial charge in [0.15, 0.2) is 0 Å². The number of carbonyl (C=O) groups is 5. The van der Waals surface area contributed by atoms with Crippen molar-refractivity contribution in [3.8, 4) is 5.75 Å². The number of amides is 3. The van der Waals surface area contributed by atoms with E-state index < -0.39 is 66.4 Å². The number of phenolic OH excluding ortho intramolecular Hbond substituents is 1. The normalized spacial score (nSPS) is 14.6. The molecule has 0 saturated heterocycles. The van der Waals surface area contributed by atoms with E-state index in [1.807, 2.05) is 0 Å². The van der Waals surface area contributed by atoms with E-state index in [4.69, 9.17) is 10.8 Å². The van der Waals surface area contributed by atoms with Crippen molar-refractivity contribution in [2.75, 3.05) is 0 Å². The van der Waals surface area contributed by atoms with Crippen molar-refractivity contribution >= 4 is 29.7 Å². The number of nitrogens with one attached hydrogen (secondary N) is 3. The van der Waals surface area contributed by atoms with E-state index in [1.54, 1.807) is 30.3 Å². The van der Waals surface area contributed by atoms with Gasteiger partial charge in [-0.15, -0.1) is 0 Å². The first kappa shape index (κ1) is 30.7. The molecule has 9 N–H and O–H groups in total. The van der Waals surface area contributed by atoms with Crippen LogP contribution in [0, 0.1) is 0 Å². The van der Waals surface area contributed by atoms with Gasteiger partial charge < -0.3 is 42.1 Å². The molecule has 13 heteroatoms. The van der Waals surface area contributed by atoms with Crippen LogP contribution >= 0.6 is 0 Å². The van der Waals surface area contributed by atoms with Gasteiger partial charge in [-0.1, -0.05) is 42.5 Å². The molecule has 0 spiro atoms. The molecule has 5 atom stereocenters. The number of hydrogen-bond donors (Lipinski definition) is 8. The molecular formula is C26H32N4O9. The Morgan fingerprint density at radius 3 is 1.85 bits per heavy atom. The number of carbonyl (C=O) groups excluding carboxylic acids is 3. The van der Waals surface area contributed by atoms with Crippen LogP contribution in [-0.4, -0.2) is 80.4 Å². The van der Waals surface area contributed by atoms with Crippen LogP contribution in [0.15, 0.2) is 54.6 Å². The molecule has 13 nitrogen and oxygen atoms in total. The number of nitrogens with two attached hydrogens (primary N) is 1. The fourth-order valence-corrected chi connectivity index (χ4v) is 3.61. The van der Waals surface area contributed by atoms with Crippen LogP contribution in [0.3, 0.4) is 0 Å². The van der Waals surface area contributed by atoms with Gasteiger partial charge in [0.05, 0.1) is 18.6 Å². The molecule has 0 fully saturated rings. The molecule has 0 aromatic heterocycles. The summed E-state index contributed by atoms with van der Waals surface area (Å²) in [6, 6.07) is 8.53. The summed E-state index contributed by atoms with van der Waals surface area (Å²) >= 11 is 0. The average molecular weight is 545 g/mol. The number of hydrogen-bond acceptors (Lipinski definition) is 8. The first-order valence-electron chi connectivity index (χ1n) is 12.0. The number of aromatic hydroxyl groups is 1. The fourth-order valence-electron chi connectivity index (χ4n) is 3.61. The SMILES string of the molecule is CC(O)C(NC(=O)C(N)CC(=O)O)C(=O)NC(Cc1ccc(O)cc1)C(=O)NC(Cc1ccccc1)C(=O)O. The smallest absolute Gasteiger partial charge is 0.326 e. The second-order valence-electron chi connectivity index (χ2n) is 8.95. The van der Waals surface area contributed by atoms with E-state index >= 15 is 0 Å². The molecule has 3 amide bonds. The average Bonchev–Trinajstić information content (AvgIpc) is 2.87. The predicted octanol–water partition coefficient (Wildman–Crippen LogP) is -1.10. The van der Waals surface area contributed by atoms with Gasteiger partial charge in [-0.2, -0.15) is 0 Å². The lowest BCUT2D eigenvalue weighted by atomic mass is 10.0. The minimum atomic E-state index is -1.60. The summed E-state index contributed by atoms with van der Waals surface area (Å²) in [7, 11) is 0. The Morgan fingerprint density at radius 2 is 1.31 bits per heavy atom. The van der Waals surface area contributed by atoms with Crippen LogP contribution in [0.5, 0.6) is 5.75 Å². The summed E-state index contributed by atoms with van der Waals surface area (Å²) < 4.78 is 0. The highest BCUT2D eigenvalue weighted by Crippen LogP contribution is 2.12. The summed E-state index contributed by atoms with van der Waals surface area (Å²) in [5.74, 6) is -5.53. The van der Waals surface area contributed by atoms with Crippen molar-refractivity contribution < 1.29 is 44.4 Å². The van der Waals surface area contributed by atoms with Crippen molar-refractivity contribution in [2.45, 2.75) is 56.5 Å². The van der Waals surface area contributed by atoms with E-state index in [9.17, 15) is 39.3 Å². The van der Waals surface area contributed by atoms with E-state index in [0.717, 1.165) is 0 Å². The summed E-state index contributed by atoms with van der Waals surface area (Å²) in [6.07, 6.45) is -2.35. The van der Waals surface area contributed by atoms with Crippen LogP contribution in [0.25, 0.3) is 0 Å². The zero-order valence-corrected chi connectivity index (χ0v) is 21.1. The van der Waals surface area contributed by atoms with Crippen molar-refractivity contribution in [2.24, 2.45) is 5.73 Å². The zero-order chi connectivity index (χ0) is 29.1. The van der Waals surface area contributed by atoms with Crippen molar-refractivity contribution in [3.63, 3.8) is 0 Å². The van der Waals surface area contributed by atoms with Gasteiger partial charge in [-0.05, 0) is 30.2 Å². The molecule has 0 radical (unpaired) electrons. The third kappa shape index (κ3) is 10.1. The Hall–Kier alpha value is -4.49. The molecule has 0 bridgehead atoms. The summed E-state index contributed by atoms with van der Waals surface area (Å²) in [4.78, 5) is 61.3. The zero-order valence-electron chi connectivity index (χ0n) is 21.1. The molecule has 0 aliphatic heterocycles. The molecule has 0 heterocycles. The maximum Gasteiger partial charge on any atom is 0.326 e. The maximum atomic E-state index is 13.2. The first-order valence-corrected chi connectivity index (χ1v) is 12.0. The Kier molecular flexibility index (Phi) is 11.4. The third-order valence-corrected chi connectivity index (χ3v) is 5.70. The van der Waals surface area contributed by atoms with E-state index in [2.05, 4.69) is 16.0 Å². The number of benzene rings is 2. The monoisotopic (exact) mass is 544 g/mol. The molecule has 2 aromatic carbocycles. The number of carboxylic acid groups (broad SMARTS) is 2. The number of rotatable bonds is 14. The second-order valence-corrected chi connectivity index (χ2v) is 8.95. The minimum Gasteiger partial charge on any atom is -0.508 e.